The average molecular weight is 409 g/mol. The maximum Gasteiger partial charge on any atom is 0.121 e. The van der Waals surface area contributed by atoms with E-state index in [2.05, 4.69) is 95.6 Å². The zero-order chi connectivity index (χ0) is 21.1. The largest absolute Gasteiger partial charge is 0.396 e. The first-order valence-corrected chi connectivity index (χ1v) is 11.2. The Morgan fingerprint density at radius 2 is 1.32 bits per heavy atom. The summed E-state index contributed by atoms with van der Waals surface area (Å²) in [5.74, 6) is 0.329. The Bertz CT molecular complexity index is 1020. The van der Waals surface area contributed by atoms with Crippen molar-refractivity contribution in [2.45, 2.75) is 37.1 Å². The Morgan fingerprint density at radius 1 is 0.806 bits per heavy atom. The van der Waals surface area contributed by atoms with Crippen molar-refractivity contribution in [3.8, 4) is 0 Å². The van der Waals surface area contributed by atoms with E-state index in [1.54, 1.807) is 0 Å². The van der Waals surface area contributed by atoms with E-state index in [1.165, 1.54) is 22.4 Å². The van der Waals surface area contributed by atoms with Crippen LogP contribution in [0.15, 0.2) is 97.3 Å². The number of nitrogens with zero attached hydrogens (tertiary/aromatic N) is 2. The van der Waals surface area contributed by atoms with Gasteiger partial charge in [0.2, 0.25) is 0 Å². The molecule has 0 amide bonds. The summed E-state index contributed by atoms with van der Waals surface area (Å²) < 4.78 is 2.41. The summed E-state index contributed by atoms with van der Waals surface area (Å²) in [5.41, 5.74) is 5.60. The van der Waals surface area contributed by atoms with E-state index >= 15 is 0 Å². The van der Waals surface area contributed by atoms with Gasteiger partial charge in [-0.3, -0.25) is 0 Å². The van der Waals surface area contributed by atoms with Crippen molar-refractivity contribution >= 4 is 0 Å². The van der Waals surface area contributed by atoms with E-state index in [4.69, 9.17) is 4.98 Å². The number of benzene rings is 3. The third-order valence-electron chi connectivity index (χ3n) is 6.67. The first-order chi connectivity index (χ1) is 15.4. The van der Waals surface area contributed by atoms with E-state index in [1.807, 2.05) is 6.33 Å². The van der Waals surface area contributed by atoms with Crippen molar-refractivity contribution in [1.82, 2.24) is 9.55 Å². The molecule has 1 N–H and O–H groups in total. The van der Waals surface area contributed by atoms with Crippen molar-refractivity contribution in [2.75, 3.05) is 6.61 Å². The monoisotopic (exact) mass is 408 g/mol. The van der Waals surface area contributed by atoms with Gasteiger partial charge < -0.3 is 9.67 Å². The average Bonchev–Trinajstić information content (AvgIpc) is 3.28. The lowest BCUT2D eigenvalue weighted by atomic mass is 9.76. The fourth-order valence-electron chi connectivity index (χ4n) is 5.31. The van der Waals surface area contributed by atoms with Crippen LogP contribution in [0.2, 0.25) is 0 Å². The van der Waals surface area contributed by atoms with Gasteiger partial charge in [-0.1, -0.05) is 91.0 Å². The minimum absolute atomic E-state index is 0.207. The summed E-state index contributed by atoms with van der Waals surface area (Å²) in [7, 11) is 0. The first-order valence-electron chi connectivity index (χ1n) is 11.2. The zero-order valence-corrected chi connectivity index (χ0v) is 17.7. The Kier molecular flexibility index (Phi) is 5.44. The quantitative estimate of drug-likeness (QED) is 0.426. The van der Waals surface area contributed by atoms with Crippen LogP contribution in [0, 0.1) is 0 Å². The molecule has 1 aliphatic rings. The highest BCUT2D eigenvalue weighted by Crippen LogP contribution is 2.44. The molecule has 0 bridgehead atoms. The molecule has 4 aromatic rings. The van der Waals surface area contributed by atoms with Crippen LogP contribution in [-0.4, -0.2) is 21.3 Å². The first kappa shape index (κ1) is 19.8. The highest BCUT2D eigenvalue weighted by atomic mass is 16.3. The van der Waals surface area contributed by atoms with Crippen molar-refractivity contribution < 1.29 is 5.11 Å². The third-order valence-corrected chi connectivity index (χ3v) is 6.67. The van der Waals surface area contributed by atoms with E-state index in [0.717, 1.165) is 31.4 Å². The normalized spacial score (nSPS) is 16.1. The smallest absolute Gasteiger partial charge is 0.121 e. The fourth-order valence-corrected chi connectivity index (χ4v) is 5.31. The number of aliphatic hydroxyl groups excluding tert-OH is 1. The fraction of sp³-hybridized carbons (Fsp3) is 0.250. The number of aromatic nitrogens is 2. The molecule has 3 nitrogen and oxygen atoms in total. The number of aliphatic hydroxyl groups is 1. The molecule has 3 heteroatoms. The molecule has 0 spiro atoms. The van der Waals surface area contributed by atoms with Crippen molar-refractivity contribution in [1.29, 1.82) is 0 Å². The van der Waals surface area contributed by atoms with Gasteiger partial charge in [-0.2, -0.15) is 0 Å². The van der Waals surface area contributed by atoms with Gasteiger partial charge in [-0.25, -0.2) is 4.98 Å². The highest BCUT2D eigenvalue weighted by Gasteiger charge is 2.41. The van der Waals surface area contributed by atoms with Crippen LogP contribution in [0.1, 0.15) is 53.3 Å². The predicted octanol–water partition coefficient (Wildman–Crippen LogP) is 5.53. The molecular weight excluding hydrogens is 380 g/mol. The van der Waals surface area contributed by atoms with Gasteiger partial charge in [0.05, 0.1) is 12.0 Å². The lowest BCUT2D eigenvalue weighted by Gasteiger charge is -2.39. The molecule has 156 valence electrons. The Morgan fingerprint density at radius 3 is 1.81 bits per heavy atom. The maximum atomic E-state index is 9.61. The van der Waals surface area contributed by atoms with Crippen LogP contribution in [0.3, 0.4) is 0 Å². The van der Waals surface area contributed by atoms with Crippen molar-refractivity contribution in [3.05, 3.63) is 125 Å². The van der Waals surface area contributed by atoms with Crippen LogP contribution >= 0.6 is 0 Å². The number of imidazole rings is 1. The minimum atomic E-state index is -0.508. The van der Waals surface area contributed by atoms with Gasteiger partial charge in [0, 0.05) is 18.2 Å². The van der Waals surface area contributed by atoms with Gasteiger partial charge in [0.25, 0.3) is 0 Å². The number of hydrogen-bond acceptors (Lipinski definition) is 2. The molecule has 1 aromatic heterocycles. The predicted molar refractivity (Wildman–Crippen MR) is 124 cm³/mol. The molecule has 1 heterocycles. The summed E-state index contributed by atoms with van der Waals surface area (Å²) in [6.45, 7) is 0.207. The Balaban J connectivity index is 1.84. The molecule has 0 saturated carbocycles. The van der Waals surface area contributed by atoms with Gasteiger partial charge >= 0.3 is 0 Å². The molecule has 1 atom stereocenters. The van der Waals surface area contributed by atoms with Gasteiger partial charge in [-0.15, -0.1) is 0 Å². The molecule has 31 heavy (non-hydrogen) atoms. The summed E-state index contributed by atoms with van der Waals surface area (Å²) in [6.07, 6.45) is 6.04. The summed E-state index contributed by atoms with van der Waals surface area (Å²) in [6, 6.07) is 32.3. The Labute approximate surface area is 184 Å². The van der Waals surface area contributed by atoms with E-state index in [-0.39, 0.29) is 6.61 Å². The van der Waals surface area contributed by atoms with E-state index in [0.29, 0.717) is 5.92 Å². The second-order valence-electron chi connectivity index (χ2n) is 8.36. The van der Waals surface area contributed by atoms with Crippen LogP contribution in [0.4, 0.5) is 0 Å². The summed E-state index contributed by atoms with van der Waals surface area (Å²) in [5, 5.41) is 9.61. The molecular formula is C28H28N2O. The SMILES string of the molecule is OCCC1CCCc2c1ncn2C(c1ccccc1)(c1ccccc1)c1ccccc1. The minimum Gasteiger partial charge on any atom is -0.396 e. The standard InChI is InChI=1S/C28H28N2O/c31-20-19-22-11-10-18-26-27(22)29-21-30(26)28(23-12-4-1-5-13-23,24-14-6-2-7-15-24)25-16-8-3-9-17-25/h1-9,12-17,21-22,31H,10-11,18-20H2. The highest BCUT2D eigenvalue weighted by molar-refractivity contribution is 5.51. The van der Waals surface area contributed by atoms with Crippen LogP contribution in [0.5, 0.6) is 0 Å². The van der Waals surface area contributed by atoms with Crippen LogP contribution < -0.4 is 0 Å². The lowest BCUT2D eigenvalue weighted by molar-refractivity contribution is 0.268. The molecule has 0 fully saturated rings. The summed E-state index contributed by atoms with van der Waals surface area (Å²) >= 11 is 0. The van der Waals surface area contributed by atoms with Gasteiger partial charge in [0.15, 0.2) is 0 Å². The maximum absolute atomic E-state index is 9.61. The number of fused-ring (bicyclic) bond motifs is 1. The number of hydrogen-bond donors (Lipinski definition) is 1. The molecule has 0 radical (unpaired) electrons. The van der Waals surface area contributed by atoms with Gasteiger partial charge in [0.1, 0.15) is 5.54 Å². The second-order valence-corrected chi connectivity index (χ2v) is 8.36. The number of rotatable bonds is 6. The van der Waals surface area contributed by atoms with Crippen LogP contribution in [-0.2, 0) is 12.0 Å². The van der Waals surface area contributed by atoms with Crippen LogP contribution in [0.25, 0.3) is 0 Å². The lowest BCUT2D eigenvalue weighted by Crippen LogP contribution is -2.39. The molecule has 3 aromatic carbocycles. The summed E-state index contributed by atoms with van der Waals surface area (Å²) in [4.78, 5) is 4.95. The zero-order valence-electron chi connectivity index (χ0n) is 17.7. The molecule has 1 aliphatic carbocycles. The molecule has 0 aliphatic heterocycles. The Hall–Kier alpha value is -3.17. The molecule has 1 unspecified atom stereocenters. The van der Waals surface area contributed by atoms with E-state index in [9.17, 15) is 5.11 Å². The molecule has 5 rings (SSSR count). The van der Waals surface area contributed by atoms with Crippen molar-refractivity contribution in [2.24, 2.45) is 0 Å². The second kappa shape index (κ2) is 8.52. The van der Waals surface area contributed by atoms with Crippen molar-refractivity contribution in [3.63, 3.8) is 0 Å². The topological polar surface area (TPSA) is 38.1 Å². The van der Waals surface area contributed by atoms with E-state index < -0.39 is 5.54 Å². The molecule has 0 saturated heterocycles. The third kappa shape index (κ3) is 3.30. The van der Waals surface area contributed by atoms with Gasteiger partial charge in [-0.05, 0) is 42.4 Å².